The van der Waals surface area contributed by atoms with Gasteiger partial charge in [0.05, 0.1) is 22.3 Å². The Labute approximate surface area is 368 Å². The molecule has 6 heteroatoms. The summed E-state index contributed by atoms with van der Waals surface area (Å²) in [4.78, 5) is 16.6. The van der Waals surface area contributed by atoms with E-state index in [1.807, 2.05) is 22.7 Å². The summed E-state index contributed by atoms with van der Waals surface area (Å²) in [5, 5.41) is 14.3. The highest BCUT2D eigenvalue weighted by molar-refractivity contribution is 7.26. The Balaban J connectivity index is 1.15. The first kappa shape index (κ1) is 34.9. The fourth-order valence-electron chi connectivity index (χ4n) is 9.89. The molecule has 0 radical (unpaired) electrons. The first-order valence-electron chi connectivity index (χ1n) is 21.2. The molecule has 14 aromatic rings. The lowest BCUT2D eigenvalue weighted by molar-refractivity contribution is 1.07. The van der Waals surface area contributed by atoms with Crippen LogP contribution in [0.2, 0.25) is 0 Å². The second kappa shape index (κ2) is 13.4. The molecule has 63 heavy (non-hydrogen) atoms. The summed E-state index contributed by atoms with van der Waals surface area (Å²) in [6, 6.07) is 70.3. The molecule has 4 aromatic heterocycles. The Morgan fingerprint density at radius 3 is 1.78 bits per heavy atom. The van der Waals surface area contributed by atoms with Crippen molar-refractivity contribution in [3.8, 4) is 39.9 Å². The predicted molar refractivity (Wildman–Crippen MR) is 269 cm³/mol. The minimum absolute atomic E-state index is 0.637. The average Bonchev–Trinajstić information content (AvgIpc) is 4.00. The molecule has 0 atom stereocenters. The SMILES string of the molecule is c1ccc2cc3c(cc2c1)sc1ccc(-n2c4ccccc4c4cc5ccccc5cc42)c(-c2nc(-c4ccc5sc6ccccc6c5c4)nc(-c4cccc5ccccc45)n2)c13. The minimum atomic E-state index is 0.637. The van der Waals surface area contributed by atoms with E-state index >= 15 is 0 Å². The van der Waals surface area contributed by atoms with Crippen molar-refractivity contribution in [1.82, 2.24) is 19.5 Å². The average molecular weight is 837 g/mol. The van der Waals surface area contributed by atoms with Gasteiger partial charge in [-0.15, -0.1) is 22.7 Å². The topological polar surface area (TPSA) is 43.6 Å². The van der Waals surface area contributed by atoms with Crippen LogP contribution in [0, 0.1) is 0 Å². The van der Waals surface area contributed by atoms with E-state index in [0.717, 1.165) is 49.6 Å². The van der Waals surface area contributed by atoms with Crippen molar-refractivity contribution < 1.29 is 0 Å². The van der Waals surface area contributed by atoms with Crippen LogP contribution < -0.4 is 0 Å². The molecule has 0 aliphatic carbocycles. The minimum Gasteiger partial charge on any atom is -0.308 e. The fourth-order valence-corrected chi connectivity index (χ4v) is 12.1. The lowest BCUT2D eigenvalue weighted by atomic mass is 10.00. The van der Waals surface area contributed by atoms with Crippen molar-refractivity contribution in [3.63, 3.8) is 0 Å². The lowest BCUT2D eigenvalue weighted by Crippen LogP contribution is -2.04. The van der Waals surface area contributed by atoms with Crippen LogP contribution in [0.5, 0.6) is 0 Å². The van der Waals surface area contributed by atoms with Crippen molar-refractivity contribution in [2.45, 2.75) is 0 Å². The third kappa shape index (κ3) is 5.29. The van der Waals surface area contributed by atoms with Gasteiger partial charge in [0.25, 0.3) is 0 Å². The van der Waals surface area contributed by atoms with E-state index in [4.69, 9.17) is 15.0 Å². The Morgan fingerprint density at radius 2 is 0.937 bits per heavy atom. The smallest absolute Gasteiger partial charge is 0.166 e. The van der Waals surface area contributed by atoms with Gasteiger partial charge in [-0.2, -0.15) is 0 Å². The van der Waals surface area contributed by atoms with Gasteiger partial charge in [-0.1, -0.05) is 127 Å². The first-order chi connectivity index (χ1) is 31.2. The van der Waals surface area contributed by atoms with Crippen molar-refractivity contribution >= 4 is 117 Å². The number of nitrogens with zero attached hydrogens (tertiary/aromatic N) is 4. The quantitative estimate of drug-likeness (QED) is 0.177. The standard InChI is InChI=1S/C57H32N4S2/c1-3-15-36-31-48-43(28-34(36)13-1)40-19-7-9-22-46(40)61(48)47-25-27-51-53(45-29-35-14-2-4-16-37(35)32-52(45)63-51)54(47)57-59-55(38-24-26-50-44(30-38)41-20-8-10-23-49(41)62-50)58-56(60-57)42-21-11-17-33-12-5-6-18-39(33)42/h1-32H. The van der Waals surface area contributed by atoms with Crippen molar-refractivity contribution in [2.75, 3.05) is 0 Å². The summed E-state index contributed by atoms with van der Waals surface area (Å²) in [5.41, 5.74) is 6.20. The molecule has 4 nitrogen and oxygen atoms in total. The van der Waals surface area contributed by atoms with E-state index in [1.165, 1.54) is 67.3 Å². The van der Waals surface area contributed by atoms with Crippen LogP contribution >= 0.6 is 22.7 Å². The van der Waals surface area contributed by atoms with E-state index in [2.05, 4.69) is 199 Å². The van der Waals surface area contributed by atoms with Crippen LogP contribution in [-0.2, 0) is 0 Å². The number of hydrogen-bond donors (Lipinski definition) is 0. The van der Waals surface area contributed by atoms with Gasteiger partial charge in [0.1, 0.15) is 0 Å². The van der Waals surface area contributed by atoms with E-state index in [0.29, 0.717) is 17.5 Å². The number of benzene rings is 10. The zero-order valence-corrected chi connectivity index (χ0v) is 35.2. The van der Waals surface area contributed by atoms with E-state index < -0.39 is 0 Å². The van der Waals surface area contributed by atoms with Crippen LogP contribution in [0.4, 0.5) is 0 Å². The maximum atomic E-state index is 5.60. The number of rotatable bonds is 4. The first-order valence-corrected chi connectivity index (χ1v) is 22.8. The summed E-state index contributed by atoms with van der Waals surface area (Å²) in [6.45, 7) is 0. The number of thiophene rings is 2. The van der Waals surface area contributed by atoms with Gasteiger partial charge in [-0.25, -0.2) is 15.0 Å². The second-order valence-electron chi connectivity index (χ2n) is 16.3. The molecule has 14 rings (SSSR count). The highest BCUT2D eigenvalue weighted by atomic mass is 32.1. The number of fused-ring (bicyclic) bond motifs is 12. The summed E-state index contributed by atoms with van der Waals surface area (Å²) >= 11 is 3.65. The van der Waals surface area contributed by atoms with E-state index in [9.17, 15) is 0 Å². The molecule has 0 fully saturated rings. The maximum Gasteiger partial charge on any atom is 0.166 e. The highest BCUT2D eigenvalue weighted by Gasteiger charge is 2.25. The Bertz CT molecular complexity index is 4230. The van der Waals surface area contributed by atoms with E-state index in [-0.39, 0.29) is 0 Å². The van der Waals surface area contributed by atoms with Gasteiger partial charge in [-0.05, 0) is 99.0 Å². The zero-order chi connectivity index (χ0) is 41.2. The van der Waals surface area contributed by atoms with Gasteiger partial charge < -0.3 is 4.57 Å². The molecule has 0 spiro atoms. The number of para-hydroxylation sites is 1. The second-order valence-corrected chi connectivity index (χ2v) is 18.5. The number of hydrogen-bond acceptors (Lipinski definition) is 5. The molecule has 292 valence electrons. The predicted octanol–water partition coefficient (Wildman–Crippen LogP) is 16.2. The van der Waals surface area contributed by atoms with Gasteiger partial charge >= 0.3 is 0 Å². The molecule has 0 amide bonds. The molecule has 0 unspecified atom stereocenters. The van der Waals surface area contributed by atoms with Gasteiger partial charge in [0, 0.05) is 62.2 Å². The molecule has 4 heterocycles. The molecular formula is C57H32N4S2. The van der Waals surface area contributed by atoms with Gasteiger partial charge in [-0.3, -0.25) is 0 Å². The maximum absolute atomic E-state index is 5.60. The zero-order valence-electron chi connectivity index (χ0n) is 33.6. The van der Waals surface area contributed by atoms with Crippen molar-refractivity contribution in [1.29, 1.82) is 0 Å². The Morgan fingerprint density at radius 1 is 0.333 bits per heavy atom. The summed E-state index contributed by atoms with van der Waals surface area (Å²) in [6.07, 6.45) is 0. The fraction of sp³-hybridized carbons (Fsp3) is 0. The molecule has 0 saturated heterocycles. The summed E-state index contributed by atoms with van der Waals surface area (Å²) in [5.74, 6) is 1.92. The highest BCUT2D eigenvalue weighted by Crippen LogP contribution is 2.47. The Hall–Kier alpha value is -7.77. The molecule has 0 aliphatic rings. The van der Waals surface area contributed by atoms with E-state index in [1.54, 1.807) is 0 Å². The monoisotopic (exact) mass is 836 g/mol. The van der Waals surface area contributed by atoms with Crippen LogP contribution in [-0.4, -0.2) is 19.5 Å². The van der Waals surface area contributed by atoms with Crippen LogP contribution in [0.3, 0.4) is 0 Å². The molecule has 0 N–H and O–H groups in total. The van der Waals surface area contributed by atoms with Crippen molar-refractivity contribution in [3.05, 3.63) is 194 Å². The Kier molecular flexibility index (Phi) is 7.40. The molecule has 0 saturated carbocycles. The van der Waals surface area contributed by atoms with Crippen LogP contribution in [0.1, 0.15) is 0 Å². The summed E-state index contributed by atoms with van der Waals surface area (Å²) < 4.78 is 7.37. The third-order valence-corrected chi connectivity index (χ3v) is 15.1. The van der Waals surface area contributed by atoms with Crippen LogP contribution in [0.25, 0.3) is 134 Å². The lowest BCUT2D eigenvalue weighted by Gasteiger charge is -2.17. The number of aromatic nitrogens is 4. The molecule has 0 aliphatic heterocycles. The summed E-state index contributed by atoms with van der Waals surface area (Å²) in [7, 11) is 0. The molecular weight excluding hydrogens is 805 g/mol. The van der Waals surface area contributed by atoms with Crippen molar-refractivity contribution in [2.24, 2.45) is 0 Å². The molecule has 0 bridgehead atoms. The van der Waals surface area contributed by atoms with Gasteiger partial charge in [0.15, 0.2) is 17.5 Å². The largest absolute Gasteiger partial charge is 0.308 e. The van der Waals surface area contributed by atoms with Crippen LogP contribution in [0.15, 0.2) is 194 Å². The van der Waals surface area contributed by atoms with Gasteiger partial charge in [0.2, 0.25) is 0 Å². The molecule has 10 aromatic carbocycles. The normalized spacial score (nSPS) is 12.1. The third-order valence-electron chi connectivity index (χ3n) is 12.8.